The van der Waals surface area contributed by atoms with E-state index in [1.165, 1.54) is 7.11 Å². The van der Waals surface area contributed by atoms with Crippen molar-refractivity contribution in [1.82, 2.24) is 18.9 Å². The van der Waals surface area contributed by atoms with Crippen LogP contribution in [-0.2, 0) is 10.0 Å². The lowest BCUT2D eigenvalue weighted by Crippen LogP contribution is -2.35. The van der Waals surface area contributed by atoms with Crippen LogP contribution in [0.15, 0.2) is 29.2 Å². The lowest BCUT2D eigenvalue weighted by Gasteiger charge is -2.26. The molecule has 154 valence electrons. The van der Waals surface area contributed by atoms with Crippen LogP contribution in [0.25, 0.3) is 16.8 Å². The first kappa shape index (κ1) is 19.8. The van der Waals surface area contributed by atoms with Crippen molar-refractivity contribution in [2.75, 3.05) is 20.2 Å². The molecule has 2 aromatic heterocycles. The van der Waals surface area contributed by atoms with Gasteiger partial charge in [0.25, 0.3) is 0 Å². The molecule has 0 atom stereocenters. The molecule has 0 amide bonds. The molecule has 1 saturated heterocycles. The second kappa shape index (κ2) is 7.42. The SMILES string of the molecule is COc1ccc(-c2c(C)nn3c(C)cc(C)nc23)cc1S(=O)(=O)N1CCCCC1. The molecule has 3 heterocycles. The van der Waals surface area contributed by atoms with Crippen molar-refractivity contribution in [3.8, 4) is 16.9 Å². The van der Waals surface area contributed by atoms with Crippen molar-refractivity contribution in [1.29, 1.82) is 0 Å². The minimum Gasteiger partial charge on any atom is -0.495 e. The van der Waals surface area contributed by atoms with Gasteiger partial charge in [-0.2, -0.15) is 9.40 Å². The van der Waals surface area contributed by atoms with E-state index in [1.54, 1.807) is 21.0 Å². The quantitative estimate of drug-likeness (QED) is 0.653. The highest BCUT2D eigenvalue weighted by Gasteiger charge is 2.30. The first-order valence-corrected chi connectivity index (χ1v) is 11.3. The number of hydrogen-bond acceptors (Lipinski definition) is 5. The van der Waals surface area contributed by atoms with Crippen LogP contribution in [0.2, 0.25) is 0 Å². The van der Waals surface area contributed by atoms with Gasteiger partial charge in [0.05, 0.1) is 12.8 Å². The summed E-state index contributed by atoms with van der Waals surface area (Å²) in [6, 6.07) is 7.27. The monoisotopic (exact) mass is 414 g/mol. The Hall–Kier alpha value is -2.45. The Morgan fingerprint density at radius 2 is 1.76 bits per heavy atom. The fraction of sp³-hybridized carbons (Fsp3) is 0.429. The second-order valence-corrected chi connectivity index (χ2v) is 9.47. The van der Waals surface area contributed by atoms with Crippen molar-refractivity contribution in [3.63, 3.8) is 0 Å². The van der Waals surface area contributed by atoms with Crippen LogP contribution < -0.4 is 4.74 Å². The van der Waals surface area contributed by atoms with Gasteiger partial charge < -0.3 is 4.74 Å². The zero-order valence-corrected chi connectivity index (χ0v) is 18.1. The predicted molar refractivity (Wildman–Crippen MR) is 112 cm³/mol. The molecule has 1 aliphatic rings. The van der Waals surface area contributed by atoms with Gasteiger partial charge in [-0.1, -0.05) is 12.5 Å². The minimum atomic E-state index is -3.64. The number of aryl methyl sites for hydroxylation is 3. The van der Waals surface area contributed by atoms with Crippen LogP contribution in [0.4, 0.5) is 0 Å². The lowest BCUT2D eigenvalue weighted by molar-refractivity contribution is 0.343. The smallest absolute Gasteiger partial charge is 0.246 e. The maximum Gasteiger partial charge on any atom is 0.246 e. The Balaban J connectivity index is 1.91. The number of rotatable bonds is 4. The predicted octanol–water partition coefficient (Wildman–Crippen LogP) is 3.50. The van der Waals surface area contributed by atoms with Crippen molar-refractivity contribution in [3.05, 3.63) is 41.3 Å². The van der Waals surface area contributed by atoms with Gasteiger partial charge in [-0.25, -0.2) is 17.9 Å². The molecule has 0 unspecified atom stereocenters. The van der Waals surface area contributed by atoms with Crippen LogP contribution in [0.1, 0.15) is 36.3 Å². The third kappa shape index (κ3) is 3.40. The van der Waals surface area contributed by atoms with E-state index < -0.39 is 10.0 Å². The number of fused-ring (bicyclic) bond motifs is 1. The Morgan fingerprint density at radius 1 is 1.03 bits per heavy atom. The van der Waals surface area contributed by atoms with Crippen LogP contribution in [0.5, 0.6) is 5.75 Å². The zero-order valence-electron chi connectivity index (χ0n) is 17.3. The van der Waals surface area contributed by atoms with Crippen molar-refractivity contribution in [2.24, 2.45) is 0 Å². The van der Waals surface area contributed by atoms with Gasteiger partial charge in [0.2, 0.25) is 10.0 Å². The number of aromatic nitrogens is 3. The number of piperidine rings is 1. The van der Waals surface area contributed by atoms with Crippen molar-refractivity contribution >= 4 is 15.7 Å². The van der Waals surface area contributed by atoms with Gasteiger partial charge in [-0.3, -0.25) is 0 Å². The molecule has 4 rings (SSSR count). The average molecular weight is 415 g/mol. The normalized spacial score (nSPS) is 15.7. The van der Waals surface area contributed by atoms with Gasteiger partial charge in [0.1, 0.15) is 10.6 Å². The van der Waals surface area contributed by atoms with Gasteiger partial charge in [0, 0.05) is 30.0 Å². The molecule has 0 N–H and O–H groups in total. The number of sulfonamides is 1. The topological polar surface area (TPSA) is 76.8 Å². The van der Waals surface area contributed by atoms with Gasteiger partial charge >= 0.3 is 0 Å². The van der Waals surface area contributed by atoms with Gasteiger partial charge in [-0.05, 0) is 57.4 Å². The van der Waals surface area contributed by atoms with E-state index in [1.807, 2.05) is 32.9 Å². The maximum absolute atomic E-state index is 13.4. The molecule has 8 heteroatoms. The molecule has 0 spiro atoms. The Kier molecular flexibility index (Phi) is 5.08. The summed E-state index contributed by atoms with van der Waals surface area (Å²) in [5, 5.41) is 4.62. The molecule has 0 aliphatic carbocycles. The highest BCUT2D eigenvalue weighted by atomic mass is 32.2. The van der Waals surface area contributed by atoms with Crippen LogP contribution in [0.3, 0.4) is 0 Å². The van der Waals surface area contributed by atoms with E-state index in [0.29, 0.717) is 18.8 Å². The summed E-state index contributed by atoms with van der Waals surface area (Å²) >= 11 is 0. The van der Waals surface area contributed by atoms with Gasteiger partial charge in [0.15, 0.2) is 5.65 Å². The summed E-state index contributed by atoms with van der Waals surface area (Å²) in [6.45, 7) is 6.94. The third-order valence-electron chi connectivity index (χ3n) is 5.46. The highest BCUT2D eigenvalue weighted by molar-refractivity contribution is 7.89. The summed E-state index contributed by atoms with van der Waals surface area (Å²) < 4.78 is 35.5. The molecule has 0 bridgehead atoms. The van der Waals surface area contributed by atoms with E-state index in [9.17, 15) is 8.42 Å². The van der Waals surface area contributed by atoms with Crippen LogP contribution in [0, 0.1) is 20.8 Å². The number of benzene rings is 1. The van der Waals surface area contributed by atoms with E-state index in [2.05, 4.69) is 10.1 Å². The summed E-state index contributed by atoms with van der Waals surface area (Å²) in [7, 11) is -2.14. The first-order valence-electron chi connectivity index (χ1n) is 9.85. The summed E-state index contributed by atoms with van der Waals surface area (Å²) in [4.78, 5) is 4.86. The molecule has 1 fully saturated rings. The Bertz CT molecular complexity index is 1180. The molecular weight excluding hydrogens is 388 g/mol. The van der Waals surface area contributed by atoms with Gasteiger partial charge in [-0.15, -0.1) is 0 Å². The minimum absolute atomic E-state index is 0.197. The zero-order chi connectivity index (χ0) is 20.8. The summed E-state index contributed by atoms with van der Waals surface area (Å²) in [6.07, 6.45) is 2.84. The number of methoxy groups -OCH3 is 1. The first-order chi connectivity index (χ1) is 13.8. The maximum atomic E-state index is 13.4. The number of hydrogen-bond donors (Lipinski definition) is 0. The van der Waals surface area contributed by atoms with E-state index in [-0.39, 0.29) is 4.90 Å². The van der Waals surface area contributed by atoms with E-state index in [4.69, 9.17) is 4.74 Å². The standard InChI is InChI=1S/C21H26N4O3S/c1-14-12-15(2)25-21(22-14)20(16(3)23-25)17-8-9-18(28-4)19(13-17)29(26,27)24-10-6-5-7-11-24/h8-9,12-13H,5-7,10-11H2,1-4H3. The highest BCUT2D eigenvalue weighted by Crippen LogP contribution is 2.35. The lowest BCUT2D eigenvalue weighted by atomic mass is 10.1. The van der Waals surface area contributed by atoms with Crippen LogP contribution in [-0.4, -0.2) is 47.5 Å². The summed E-state index contributed by atoms with van der Waals surface area (Å²) in [5.74, 6) is 0.355. The average Bonchev–Trinajstić information content (AvgIpc) is 3.04. The Labute approximate surface area is 171 Å². The fourth-order valence-corrected chi connectivity index (χ4v) is 5.74. The number of ether oxygens (including phenoxy) is 1. The summed E-state index contributed by atoms with van der Waals surface area (Å²) in [5.41, 5.74) is 5.02. The van der Waals surface area contributed by atoms with Crippen LogP contribution >= 0.6 is 0 Å². The van der Waals surface area contributed by atoms with Crippen molar-refractivity contribution < 1.29 is 13.2 Å². The second-order valence-electron chi connectivity index (χ2n) is 7.57. The molecule has 29 heavy (non-hydrogen) atoms. The largest absolute Gasteiger partial charge is 0.495 e. The molecular formula is C21H26N4O3S. The third-order valence-corrected chi connectivity index (χ3v) is 7.38. The molecule has 1 aromatic carbocycles. The molecule has 1 aliphatic heterocycles. The molecule has 7 nitrogen and oxygen atoms in total. The van der Waals surface area contributed by atoms with E-state index in [0.717, 1.165) is 53.1 Å². The number of nitrogens with zero attached hydrogens (tertiary/aromatic N) is 4. The Morgan fingerprint density at radius 3 is 2.45 bits per heavy atom. The molecule has 0 saturated carbocycles. The fourth-order valence-electron chi connectivity index (χ4n) is 4.04. The molecule has 0 radical (unpaired) electrons. The van der Waals surface area contributed by atoms with E-state index >= 15 is 0 Å². The van der Waals surface area contributed by atoms with Crippen molar-refractivity contribution in [2.45, 2.75) is 44.9 Å². The molecule has 3 aromatic rings.